The van der Waals surface area contributed by atoms with Crippen molar-refractivity contribution in [3.05, 3.63) is 54.4 Å². The summed E-state index contributed by atoms with van der Waals surface area (Å²) in [6.45, 7) is 0.601. The zero-order valence-electron chi connectivity index (χ0n) is 11.5. The number of nitrogen functional groups attached to an aromatic ring is 1. The molecule has 0 bridgehead atoms. The largest absolute Gasteiger partial charge is 0.496 e. The molecule has 0 aliphatic rings. The first-order chi connectivity index (χ1) is 9.78. The van der Waals surface area contributed by atoms with Crippen LogP contribution in [0.5, 0.6) is 5.75 Å². The Labute approximate surface area is 128 Å². The molecule has 21 heavy (non-hydrogen) atoms. The minimum atomic E-state index is 0. The van der Waals surface area contributed by atoms with E-state index in [2.05, 4.69) is 4.98 Å². The van der Waals surface area contributed by atoms with Crippen LogP contribution in [-0.4, -0.2) is 16.7 Å². The summed E-state index contributed by atoms with van der Waals surface area (Å²) in [5.74, 6) is 1.98. The zero-order valence-corrected chi connectivity index (χ0v) is 12.3. The van der Waals surface area contributed by atoms with Crippen molar-refractivity contribution >= 4 is 18.4 Å². The van der Waals surface area contributed by atoms with Crippen molar-refractivity contribution in [2.24, 2.45) is 0 Å². The first kappa shape index (κ1) is 15.0. The van der Waals surface area contributed by atoms with Gasteiger partial charge in [-0.15, -0.1) is 12.4 Å². The molecule has 5 nitrogen and oxygen atoms in total. The van der Waals surface area contributed by atoms with E-state index in [0.717, 1.165) is 17.0 Å². The number of hydrogen-bond donors (Lipinski definition) is 1. The Kier molecular flexibility index (Phi) is 4.55. The van der Waals surface area contributed by atoms with E-state index in [1.54, 1.807) is 13.4 Å². The van der Waals surface area contributed by atoms with Crippen molar-refractivity contribution in [2.75, 3.05) is 12.8 Å². The number of hydrogen-bond acceptors (Lipinski definition) is 4. The second-order valence-corrected chi connectivity index (χ2v) is 4.40. The summed E-state index contributed by atoms with van der Waals surface area (Å²) in [5, 5.41) is 0. The summed E-state index contributed by atoms with van der Waals surface area (Å²) in [7, 11) is 1.66. The number of benzene rings is 1. The van der Waals surface area contributed by atoms with Crippen molar-refractivity contribution in [3.63, 3.8) is 0 Å². The quantitative estimate of drug-likeness (QED) is 0.804. The highest BCUT2D eigenvalue weighted by molar-refractivity contribution is 5.85. The Morgan fingerprint density at radius 2 is 2.05 bits per heavy atom. The average Bonchev–Trinajstić information content (AvgIpc) is 3.10. The number of aromatic nitrogens is 2. The monoisotopic (exact) mass is 305 g/mol. The third-order valence-corrected chi connectivity index (χ3v) is 3.11. The number of para-hydroxylation sites is 1. The lowest BCUT2D eigenvalue weighted by molar-refractivity contribution is 0.408. The Hall–Kier alpha value is -2.40. The van der Waals surface area contributed by atoms with Gasteiger partial charge in [0.25, 0.3) is 0 Å². The maximum absolute atomic E-state index is 5.96. The Bertz CT molecular complexity index is 708. The molecule has 0 atom stereocenters. The van der Waals surface area contributed by atoms with Gasteiger partial charge in [0.2, 0.25) is 5.95 Å². The molecule has 110 valence electrons. The number of methoxy groups -OCH3 is 1. The second kappa shape index (κ2) is 6.37. The Balaban J connectivity index is 0.00000161. The van der Waals surface area contributed by atoms with Crippen LogP contribution < -0.4 is 10.5 Å². The van der Waals surface area contributed by atoms with E-state index in [1.165, 1.54) is 0 Å². The Morgan fingerprint density at radius 1 is 1.24 bits per heavy atom. The summed E-state index contributed by atoms with van der Waals surface area (Å²) < 4.78 is 12.5. The van der Waals surface area contributed by atoms with Crippen molar-refractivity contribution < 1.29 is 9.15 Å². The zero-order chi connectivity index (χ0) is 13.9. The first-order valence-electron chi connectivity index (χ1n) is 6.26. The molecule has 2 N–H and O–H groups in total. The van der Waals surface area contributed by atoms with Crippen LogP contribution in [0.3, 0.4) is 0 Å². The third kappa shape index (κ3) is 3.03. The van der Waals surface area contributed by atoms with Crippen LogP contribution in [-0.2, 0) is 6.54 Å². The van der Waals surface area contributed by atoms with Crippen molar-refractivity contribution in [2.45, 2.75) is 6.54 Å². The predicted molar refractivity (Wildman–Crippen MR) is 83.7 cm³/mol. The summed E-state index contributed by atoms with van der Waals surface area (Å²) in [6.07, 6.45) is 3.49. The molecule has 0 spiro atoms. The van der Waals surface area contributed by atoms with Gasteiger partial charge in [0.15, 0.2) is 5.76 Å². The predicted octanol–water partition coefficient (Wildman–Crippen LogP) is 3.20. The number of nitrogens with two attached hydrogens (primary N) is 1. The fourth-order valence-electron chi connectivity index (χ4n) is 2.12. The first-order valence-corrected chi connectivity index (χ1v) is 6.26. The molecule has 0 unspecified atom stereocenters. The van der Waals surface area contributed by atoms with Gasteiger partial charge in [-0.2, -0.15) is 0 Å². The summed E-state index contributed by atoms with van der Waals surface area (Å²) in [4.78, 5) is 4.31. The average molecular weight is 306 g/mol. The number of nitrogens with zero attached hydrogens (tertiary/aromatic N) is 2. The molecule has 3 rings (SSSR count). The number of halogens is 1. The van der Waals surface area contributed by atoms with E-state index >= 15 is 0 Å². The van der Waals surface area contributed by atoms with Gasteiger partial charge in [-0.1, -0.05) is 18.2 Å². The summed E-state index contributed by atoms with van der Waals surface area (Å²) >= 11 is 0. The maximum atomic E-state index is 5.96. The van der Waals surface area contributed by atoms with Crippen LogP contribution in [0.1, 0.15) is 5.56 Å². The molecular weight excluding hydrogens is 290 g/mol. The maximum Gasteiger partial charge on any atom is 0.201 e. The van der Waals surface area contributed by atoms with E-state index < -0.39 is 0 Å². The number of anilines is 1. The molecule has 0 radical (unpaired) electrons. The van der Waals surface area contributed by atoms with Crippen LogP contribution in [0.4, 0.5) is 5.95 Å². The second-order valence-electron chi connectivity index (χ2n) is 4.40. The topological polar surface area (TPSA) is 66.2 Å². The van der Waals surface area contributed by atoms with Crippen LogP contribution in [0.2, 0.25) is 0 Å². The number of ether oxygens (including phenoxy) is 1. The molecular formula is C15H16ClN3O2. The van der Waals surface area contributed by atoms with E-state index in [1.807, 2.05) is 47.2 Å². The lowest BCUT2D eigenvalue weighted by atomic mass is 10.2. The van der Waals surface area contributed by atoms with E-state index in [4.69, 9.17) is 14.9 Å². The summed E-state index contributed by atoms with van der Waals surface area (Å²) in [6, 6.07) is 11.5. The van der Waals surface area contributed by atoms with Crippen molar-refractivity contribution in [1.82, 2.24) is 9.55 Å². The number of rotatable bonds is 4. The minimum absolute atomic E-state index is 0. The van der Waals surface area contributed by atoms with Gasteiger partial charge in [-0.25, -0.2) is 4.98 Å². The van der Waals surface area contributed by atoms with Crippen LogP contribution in [0.25, 0.3) is 11.5 Å². The van der Waals surface area contributed by atoms with Gasteiger partial charge in [0, 0.05) is 11.8 Å². The van der Waals surface area contributed by atoms with Crippen molar-refractivity contribution in [1.29, 1.82) is 0 Å². The fourth-order valence-corrected chi connectivity index (χ4v) is 2.12. The third-order valence-electron chi connectivity index (χ3n) is 3.11. The lowest BCUT2D eigenvalue weighted by Crippen LogP contribution is -2.04. The lowest BCUT2D eigenvalue weighted by Gasteiger charge is -2.09. The summed E-state index contributed by atoms with van der Waals surface area (Å²) in [5.41, 5.74) is 7.73. The van der Waals surface area contributed by atoms with Gasteiger partial charge >= 0.3 is 0 Å². The highest BCUT2D eigenvalue weighted by Crippen LogP contribution is 2.23. The SMILES string of the molecule is COc1ccccc1Cn1cc(-c2ccco2)nc1N.Cl. The molecule has 0 saturated heterocycles. The van der Waals surface area contributed by atoms with Gasteiger partial charge in [-0.05, 0) is 18.2 Å². The molecule has 2 aromatic heterocycles. The molecule has 0 aliphatic heterocycles. The highest BCUT2D eigenvalue weighted by atomic mass is 35.5. The number of imidazole rings is 1. The molecule has 0 fully saturated rings. The van der Waals surface area contributed by atoms with E-state index in [-0.39, 0.29) is 12.4 Å². The minimum Gasteiger partial charge on any atom is -0.496 e. The standard InChI is InChI=1S/C15H15N3O2.ClH/c1-19-13-6-3-2-5-11(13)9-18-10-12(17-15(18)16)14-7-4-8-20-14;/h2-8,10H,9H2,1H3,(H2,16,17);1H. The van der Waals surface area contributed by atoms with E-state index in [0.29, 0.717) is 18.3 Å². The van der Waals surface area contributed by atoms with Gasteiger partial charge < -0.3 is 19.5 Å². The molecule has 0 aliphatic carbocycles. The van der Waals surface area contributed by atoms with Crippen molar-refractivity contribution in [3.8, 4) is 17.2 Å². The van der Waals surface area contributed by atoms with Gasteiger partial charge in [0.1, 0.15) is 11.4 Å². The van der Waals surface area contributed by atoms with Gasteiger partial charge in [-0.3, -0.25) is 0 Å². The molecule has 0 saturated carbocycles. The molecule has 0 amide bonds. The Morgan fingerprint density at radius 3 is 2.76 bits per heavy atom. The number of furan rings is 1. The van der Waals surface area contributed by atoms with Gasteiger partial charge in [0.05, 0.1) is 19.9 Å². The molecule has 2 heterocycles. The van der Waals surface area contributed by atoms with Crippen LogP contribution in [0, 0.1) is 0 Å². The normalized spacial score (nSPS) is 10.1. The molecule has 6 heteroatoms. The highest BCUT2D eigenvalue weighted by Gasteiger charge is 2.11. The van der Waals surface area contributed by atoms with Crippen LogP contribution in [0.15, 0.2) is 53.3 Å². The fraction of sp³-hybridized carbons (Fsp3) is 0.133. The molecule has 1 aromatic carbocycles. The van der Waals surface area contributed by atoms with Crippen LogP contribution >= 0.6 is 12.4 Å². The smallest absolute Gasteiger partial charge is 0.201 e. The molecule has 3 aromatic rings. The van der Waals surface area contributed by atoms with E-state index in [9.17, 15) is 0 Å².